The maximum Gasteiger partial charge on any atom is 0.341 e. The van der Waals surface area contributed by atoms with Crippen LogP contribution in [0.5, 0.6) is 5.75 Å². The predicted molar refractivity (Wildman–Crippen MR) is 120 cm³/mol. The lowest BCUT2D eigenvalue weighted by molar-refractivity contribution is -0.139. The fraction of sp³-hybridized carbons (Fsp3) is 0.231. The molecule has 0 bridgehead atoms. The summed E-state index contributed by atoms with van der Waals surface area (Å²) < 4.78 is 18.4. The molecule has 33 heavy (non-hydrogen) atoms. The number of benzene rings is 3. The molecule has 0 spiro atoms. The zero-order chi connectivity index (χ0) is 23.4. The second-order valence-electron chi connectivity index (χ2n) is 7.99. The first kappa shape index (κ1) is 22.5. The number of ether oxygens (including phenoxy) is 1. The Balaban J connectivity index is 1.52. The maximum absolute atomic E-state index is 13.2. The van der Waals surface area contributed by atoms with Gasteiger partial charge in [-0.3, -0.25) is 4.79 Å². The molecule has 4 rings (SSSR count). The maximum atomic E-state index is 13.2. The number of β-lactam (4-membered cyclic amide) rings is 1. The molecule has 3 atom stereocenters. The number of carbonyl (C=O) groups is 2. The summed E-state index contributed by atoms with van der Waals surface area (Å²) in [5.74, 6) is -1.34. The van der Waals surface area contributed by atoms with Gasteiger partial charge in [0.2, 0.25) is 5.91 Å². The summed E-state index contributed by atoms with van der Waals surface area (Å²) in [7, 11) is 0. The Labute approximate surface area is 190 Å². The molecule has 170 valence electrons. The Bertz CT molecular complexity index is 1100. The number of amides is 1. The standard InChI is InChI=1S/C26H24FNO5/c27-19-10-6-17(7-11-19)23(29)15-14-22-25(28(26(22)32)20-4-2-1-3-5-20)18-8-12-21(13-9-18)33-16-24(30)31/h1-13,22-23,25,29H,14-16H2,(H,30,31)/t22-,23+,25-/m1/s1. The first-order valence-corrected chi connectivity index (χ1v) is 10.7. The lowest BCUT2D eigenvalue weighted by atomic mass is 9.78. The number of carboxylic acids is 1. The van der Waals surface area contributed by atoms with Gasteiger partial charge in [0, 0.05) is 5.69 Å². The molecule has 3 aromatic rings. The van der Waals surface area contributed by atoms with E-state index in [1.807, 2.05) is 42.5 Å². The van der Waals surface area contributed by atoms with Crippen LogP contribution >= 0.6 is 0 Å². The van der Waals surface area contributed by atoms with E-state index in [0.717, 1.165) is 11.3 Å². The number of hydrogen-bond donors (Lipinski definition) is 2. The number of hydrogen-bond acceptors (Lipinski definition) is 4. The summed E-state index contributed by atoms with van der Waals surface area (Å²) in [6.07, 6.45) is 0.0282. The zero-order valence-electron chi connectivity index (χ0n) is 17.8. The van der Waals surface area contributed by atoms with E-state index in [1.54, 1.807) is 29.2 Å². The highest BCUT2D eigenvalue weighted by atomic mass is 19.1. The van der Waals surface area contributed by atoms with Crippen LogP contribution in [-0.2, 0) is 9.59 Å². The SMILES string of the molecule is O=C(O)COc1ccc([C@@H]2[C@@H](CC[C@H](O)c3ccc(F)cc3)C(=O)N2c2ccccc2)cc1. The van der Waals surface area contributed by atoms with Crippen LogP contribution in [0, 0.1) is 11.7 Å². The number of rotatable bonds is 9. The zero-order valence-corrected chi connectivity index (χ0v) is 17.8. The number of aliphatic carboxylic acids is 1. The molecule has 0 aliphatic carbocycles. The minimum Gasteiger partial charge on any atom is -0.482 e. The molecular weight excluding hydrogens is 425 g/mol. The average molecular weight is 449 g/mol. The van der Waals surface area contributed by atoms with Gasteiger partial charge in [0.25, 0.3) is 0 Å². The quantitative estimate of drug-likeness (QED) is 0.470. The Kier molecular flexibility index (Phi) is 6.70. The molecule has 1 fully saturated rings. The van der Waals surface area contributed by atoms with Gasteiger partial charge in [0.05, 0.1) is 18.1 Å². The number of aliphatic hydroxyl groups is 1. The minimum atomic E-state index is -1.06. The van der Waals surface area contributed by atoms with Gasteiger partial charge in [-0.25, -0.2) is 9.18 Å². The Morgan fingerprint density at radius 3 is 2.30 bits per heavy atom. The second kappa shape index (κ2) is 9.83. The van der Waals surface area contributed by atoms with E-state index >= 15 is 0 Å². The molecule has 1 amide bonds. The van der Waals surface area contributed by atoms with E-state index in [0.29, 0.717) is 24.2 Å². The van der Waals surface area contributed by atoms with Crippen molar-refractivity contribution in [3.05, 3.63) is 95.8 Å². The van der Waals surface area contributed by atoms with Crippen molar-refractivity contribution >= 4 is 17.6 Å². The van der Waals surface area contributed by atoms with Gasteiger partial charge in [0.1, 0.15) is 11.6 Å². The molecule has 0 unspecified atom stereocenters. The number of carbonyl (C=O) groups excluding carboxylic acids is 1. The molecule has 7 heteroatoms. The van der Waals surface area contributed by atoms with Gasteiger partial charge in [-0.05, 0) is 60.4 Å². The summed E-state index contributed by atoms with van der Waals surface area (Å²) in [5.41, 5.74) is 2.29. The molecule has 1 saturated heterocycles. The fourth-order valence-electron chi connectivity index (χ4n) is 4.18. The monoisotopic (exact) mass is 449 g/mol. The highest BCUT2D eigenvalue weighted by molar-refractivity contribution is 6.03. The van der Waals surface area contributed by atoms with E-state index < -0.39 is 18.7 Å². The normalized spacial score (nSPS) is 18.5. The number of nitrogens with zero attached hydrogens (tertiary/aromatic N) is 1. The van der Waals surface area contributed by atoms with Crippen molar-refractivity contribution in [1.29, 1.82) is 0 Å². The smallest absolute Gasteiger partial charge is 0.341 e. The summed E-state index contributed by atoms with van der Waals surface area (Å²) in [4.78, 5) is 25.5. The fourth-order valence-corrected chi connectivity index (χ4v) is 4.18. The van der Waals surface area contributed by atoms with E-state index in [9.17, 15) is 19.1 Å². The molecule has 0 aromatic heterocycles. The Morgan fingerprint density at radius 1 is 1.00 bits per heavy atom. The van der Waals surface area contributed by atoms with Crippen molar-refractivity contribution in [2.75, 3.05) is 11.5 Å². The highest BCUT2D eigenvalue weighted by Crippen LogP contribution is 2.46. The molecule has 1 heterocycles. The molecule has 0 radical (unpaired) electrons. The van der Waals surface area contributed by atoms with Crippen LogP contribution in [0.15, 0.2) is 78.9 Å². The predicted octanol–water partition coefficient (Wildman–Crippen LogP) is 4.51. The van der Waals surface area contributed by atoms with E-state index in [1.165, 1.54) is 12.1 Å². The third kappa shape index (κ3) is 5.04. The van der Waals surface area contributed by atoms with Crippen molar-refractivity contribution in [3.8, 4) is 5.75 Å². The largest absolute Gasteiger partial charge is 0.482 e. The van der Waals surface area contributed by atoms with Gasteiger partial charge in [-0.1, -0.05) is 42.5 Å². The lowest BCUT2D eigenvalue weighted by Crippen LogP contribution is -2.55. The summed E-state index contributed by atoms with van der Waals surface area (Å²) in [5, 5.41) is 19.3. The highest BCUT2D eigenvalue weighted by Gasteiger charge is 2.48. The van der Waals surface area contributed by atoms with Crippen molar-refractivity contribution in [3.63, 3.8) is 0 Å². The topological polar surface area (TPSA) is 87.1 Å². The van der Waals surface area contributed by atoms with Gasteiger partial charge in [0.15, 0.2) is 6.61 Å². The number of para-hydroxylation sites is 1. The molecule has 3 aromatic carbocycles. The first-order chi connectivity index (χ1) is 15.9. The van der Waals surface area contributed by atoms with Crippen LogP contribution in [-0.4, -0.2) is 28.7 Å². The van der Waals surface area contributed by atoms with Gasteiger partial charge >= 0.3 is 5.97 Å². The third-order valence-corrected chi connectivity index (χ3v) is 5.84. The van der Waals surface area contributed by atoms with Gasteiger partial charge < -0.3 is 19.8 Å². The summed E-state index contributed by atoms with van der Waals surface area (Å²) in [6, 6.07) is 21.9. The lowest BCUT2D eigenvalue weighted by Gasteiger charge is -2.48. The molecule has 2 N–H and O–H groups in total. The molecule has 1 aliphatic heterocycles. The number of halogens is 1. The number of carboxylic acid groups (broad SMARTS) is 1. The summed E-state index contributed by atoms with van der Waals surface area (Å²) >= 11 is 0. The van der Waals surface area contributed by atoms with Crippen LogP contribution in [0.25, 0.3) is 0 Å². The average Bonchev–Trinajstić information content (AvgIpc) is 2.82. The molecule has 0 saturated carbocycles. The van der Waals surface area contributed by atoms with Crippen LogP contribution in [0.2, 0.25) is 0 Å². The van der Waals surface area contributed by atoms with Crippen LogP contribution in [0.1, 0.15) is 36.1 Å². The van der Waals surface area contributed by atoms with Crippen molar-refractivity contribution in [2.45, 2.75) is 25.0 Å². The minimum absolute atomic E-state index is 0.0243. The van der Waals surface area contributed by atoms with E-state index in [-0.39, 0.29) is 23.7 Å². The Morgan fingerprint density at radius 2 is 1.67 bits per heavy atom. The van der Waals surface area contributed by atoms with Gasteiger partial charge in [-0.2, -0.15) is 0 Å². The van der Waals surface area contributed by atoms with Crippen molar-refractivity contribution in [2.24, 2.45) is 5.92 Å². The molecule has 1 aliphatic rings. The van der Waals surface area contributed by atoms with Crippen molar-refractivity contribution < 1.29 is 28.9 Å². The number of aliphatic hydroxyl groups excluding tert-OH is 1. The number of anilines is 1. The summed E-state index contributed by atoms with van der Waals surface area (Å²) in [6.45, 7) is -0.429. The van der Waals surface area contributed by atoms with Crippen LogP contribution in [0.4, 0.5) is 10.1 Å². The van der Waals surface area contributed by atoms with Crippen molar-refractivity contribution in [1.82, 2.24) is 0 Å². The van der Waals surface area contributed by atoms with E-state index in [2.05, 4.69) is 0 Å². The van der Waals surface area contributed by atoms with Crippen LogP contribution < -0.4 is 9.64 Å². The van der Waals surface area contributed by atoms with Crippen LogP contribution in [0.3, 0.4) is 0 Å². The second-order valence-corrected chi connectivity index (χ2v) is 7.99. The first-order valence-electron chi connectivity index (χ1n) is 10.7. The third-order valence-electron chi connectivity index (χ3n) is 5.84. The molecular formula is C26H24FNO5. The van der Waals surface area contributed by atoms with E-state index in [4.69, 9.17) is 9.84 Å². The van der Waals surface area contributed by atoms with Gasteiger partial charge in [-0.15, -0.1) is 0 Å². The molecule has 6 nitrogen and oxygen atoms in total. The Hall–Kier alpha value is -3.71.